The molecule has 0 aliphatic carbocycles. The number of pyridine rings is 1. The molecule has 0 radical (unpaired) electrons. The molecule has 3 heterocycles. The van der Waals surface area contributed by atoms with Crippen LogP contribution < -0.4 is 15.1 Å². The number of hydrogen-bond donors (Lipinski definition) is 1. The summed E-state index contributed by atoms with van der Waals surface area (Å²) >= 11 is 0. The van der Waals surface area contributed by atoms with E-state index in [0.29, 0.717) is 0 Å². The number of piperidine rings is 1. The summed E-state index contributed by atoms with van der Waals surface area (Å²) < 4.78 is 0. The number of aromatic nitrogens is 1. The van der Waals surface area contributed by atoms with Crippen LogP contribution >= 0.6 is 0 Å². The van der Waals surface area contributed by atoms with Gasteiger partial charge in [0.1, 0.15) is 0 Å². The van der Waals surface area contributed by atoms with Crippen molar-refractivity contribution in [2.24, 2.45) is 0 Å². The quantitative estimate of drug-likeness (QED) is 0.856. The Bertz CT molecular complexity index is 348. The average Bonchev–Trinajstić information content (AvgIpc) is 2.49. The minimum atomic E-state index is 1.08. The zero-order valence-corrected chi connectivity index (χ0v) is 10.9. The molecule has 1 aromatic rings. The van der Waals surface area contributed by atoms with Gasteiger partial charge in [0.25, 0.3) is 0 Å². The number of piperazine rings is 1. The van der Waals surface area contributed by atoms with Gasteiger partial charge in [0.05, 0.1) is 23.8 Å². The number of nitrogens with zero attached hydrogens (tertiary/aromatic N) is 3. The molecule has 0 spiro atoms. The molecule has 2 fully saturated rings. The van der Waals surface area contributed by atoms with Gasteiger partial charge in [-0.05, 0) is 25.3 Å². The largest absolute Gasteiger partial charge is 0.370 e. The first-order valence-electron chi connectivity index (χ1n) is 7.09. The molecule has 2 aliphatic rings. The molecular weight excluding hydrogens is 224 g/mol. The summed E-state index contributed by atoms with van der Waals surface area (Å²) in [5.41, 5.74) is 2.57. The van der Waals surface area contributed by atoms with Crippen LogP contribution in [0.5, 0.6) is 0 Å². The highest BCUT2D eigenvalue weighted by Crippen LogP contribution is 2.23. The highest BCUT2D eigenvalue weighted by atomic mass is 15.2. The average molecular weight is 246 g/mol. The van der Waals surface area contributed by atoms with E-state index in [9.17, 15) is 0 Å². The SMILES string of the molecule is c1ncc(N2CCNCC2)cc1N1CCCCC1. The van der Waals surface area contributed by atoms with Gasteiger partial charge in [-0.2, -0.15) is 0 Å². The molecule has 1 aromatic heterocycles. The van der Waals surface area contributed by atoms with Crippen molar-refractivity contribution in [1.82, 2.24) is 10.3 Å². The zero-order valence-electron chi connectivity index (χ0n) is 10.9. The van der Waals surface area contributed by atoms with E-state index in [0.717, 1.165) is 26.2 Å². The van der Waals surface area contributed by atoms with Crippen LogP contribution in [-0.2, 0) is 0 Å². The summed E-state index contributed by atoms with van der Waals surface area (Å²) in [5, 5.41) is 3.39. The molecule has 0 amide bonds. The fraction of sp³-hybridized carbons (Fsp3) is 0.643. The van der Waals surface area contributed by atoms with E-state index in [1.54, 1.807) is 0 Å². The lowest BCUT2D eigenvalue weighted by Crippen LogP contribution is -2.43. The minimum Gasteiger partial charge on any atom is -0.370 e. The van der Waals surface area contributed by atoms with Gasteiger partial charge in [0, 0.05) is 39.3 Å². The van der Waals surface area contributed by atoms with Crippen LogP contribution in [-0.4, -0.2) is 44.3 Å². The van der Waals surface area contributed by atoms with Crippen molar-refractivity contribution in [2.75, 3.05) is 49.1 Å². The van der Waals surface area contributed by atoms with Crippen molar-refractivity contribution >= 4 is 11.4 Å². The Kier molecular flexibility index (Phi) is 3.64. The van der Waals surface area contributed by atoms with E-state index in [4.69, 9.17) is 0 Å². The third-order valence-corrected chi connectivity index (χ3v) is 3.91. The van der Waals surface area contributed by atoms with E-state index < -0.39 is 0 Å². The van der Waals surface area contributed by atoms with Gasteiger partial charge in [-0.15, -0.1) is 0 Å². The van der Waals surface area contributed by atoms with Gasteiger partial charge < -0.3 is 15.1 Å². The smallest absolute Gasteiger partial charge is 0.0574 e. The van der Waals surface area contributed by atoms with Crippen LogP contribution in [0.25, 0.3) is 0 Å². The molecule has 0 unspecified atom stereocenters. The molecule has 0 saturated carbocycles. The molecule has 4 heteroatoms. The van der Waals surface area contributed by atoms with Crippen molar-refractivity contribution in [1.29, 1.82) is 0 Å². The van der Waals surface area contributed by atoms with Crippen LogP contribution in [0.3, 0.4) is 0 Å². The second-order valence-corrected chi connectivity index (χ2v) is 5.19. The molecule has 2 saturated heterocycles. The fourth-order valence-electron chi connectivity index (χ4n) is 2.84. The summed E-state index contributed by atoms with van der Waals surface area (Å²) in [7, 11) is 0. The highest BCUT2D eigenvalue weighted by molar-refractivity contribution is 5.57. The molecule has 18 heavy (non-hydrogen) atoms. The fourth-order valence-corrected chi connectivity index (χ4v) is 2.84. The van der Waals surface area contributed by atoms with Gasteiger partial charge in [0.2, 0.25) is 0 Å². The molecule has 98 valence electrons. The second-order valence-electron chi connectivity index (χ2n) is 5.19. The first-order valence-corrected chi connectivity index (χ1v) is 7.09. The highest BCUT2D eigenvalue weighted by Gasteiger charge is 2.14. The third-order valence-electron chi connectivity index (χ3n) is 3.91. The Balaban J connectivity index is 1.75. The monoisotopic (exact) mass is 246 g/mol. The van der Waals surface area contributed by atoms with E-state index in [1.807, 2.05) is 12.4 Å². The summed E-state index contributed by atoms with van der Waals surface area (Å²) in [4.78, 5) is 9.33. The van der Waals surface area contributed by atoms with Crippen LogP contribution in [0, 0.1) is 0 Å². The normalized spacial score (nSPS) is 21.1. The Morgan fingerprint density at radius 3 is 2.11 bits per heavy atom. The van der Waals surface area contributed by atoms with Crippen LogP contribution in [0.4, 0.5) is 11.4 Å². The van der Waals surface area contributed by atoms with Crippen molar-refractivity contribution in [3.63, 3.8) is 0 Å². The molecule has 0 aromatic carbocycles. The topological polar surface area (TPSA) is 31.4 Å². The van der Waals surface area contributed by atoms with Gasteiger partial charge in [-0.1, -0.05) is 0 Å². The molecule has 4 nitrogen and oxygen atoms in total. The Morgan fingerprint density at radius 1 is 0.833 bits per heavy atom. The second kappa shape index (κ2) is 5.57. The molecule has 0 bridgehead atoms. The molecule has 2 aliphatic heterocycles. The maximum Gasteiger partial charge on any atom is 0.0574 e. The summed E-state index contributed by atoms with van der Waals surface area (Å²) in [6, 6.07) is 2.31. The number of nitrogens with one attached hydrogen (secondary N) is 1. The zero-order chi connectivity index (χ0) is 12.2. The van der Waals surface area contributed by atoms with E-state index in [2.05, 4.69) is 26.2 Å². The lowest BCUT2D eigenvalue weighted by Gasteiger charge is -2.32. The van der Waals surface area contributed by atoms with E-state index >= 15 is 0 Å². The van der Waals surface area contributed by atoms with Gasteiger partial charge in [-0.3, -0.25) is 4.98 Å². The predicted molar refractivity (Wildman–Crippen MR) is 75.4 cm³/mol. The number of hydrogen-bond acceptors (Lipinski definition) is 4. The van der Waals surface area contributed by atoms with Crippen LogP contribution in [0.2, 0.25) is 0 Å². The van der Waals surface area contributed by atoms with Crippen molar-refractivity contribution in [3.8, 4) is 0 Å². The van der Waals surface area contributed by atoms with Crippen molar-refractivity contribution in [2.45, 2.75) is 19.3 Å². The predicted octanol–water partition coefficient (Wildman–Crippen LogP) is 1.48. The van der Waals surface area contributed by atoms with Crippen LogP contribution in [0.1, 0.15) is 19.3 Å². The summed E-state index contributed by atoms with van der Waals surface area (Å²) in [6.07, 6.45) is 8.02. The minimum absolute atomic E-state index is 1.08. The first-order chi connectivity index (χ1) is 8.93. The van der Waals surface area contributed by atoms with Crippen molar-refractivity contribution in [3.05, 3.63) is 18.5 Å². The van der Waals surface area contributed by atoms with E-state index in [-0.39, 0.29) is 0 Å². The summed E-state index contributed by atoms with van der Waals surface area (Å²) in [5.74, 6) is 0. The Hall–Kier alpha value is -1.29. The van der Waals surface area contributed by atoms with Gasteiger partial charge in [-0.25, -0.2) is 0 Å². The standard InChI is InChI=1S/C14H22N4/c1-2-6-17(7-3-1)13-10-14(12-16-11-13)18-8-4-15-5-9-18/h10-12,15H,1-9H2. The molecule has 0 atom stereocenters. The van der Waals surface area contributed by atoms with Crippen LogP contribution in [0.15, 0.2) is 18.5 Å². The molecular formula is C14H22N4. The Labute approximate surface area is 109 Å². The van der Waals surface area contributed by atoms with Gasteiger partial charge >= 0.3 is 0 Å². The van der Waals surface area contributed by atoms with E-state index in [1.165, 1.54) is 43.7 Å². The maximum absolute atomic E-state index is 4.43. The lowest BCUT2D eigenvalue weighted by atomic mass is 10.1. The van der Waals surface area contributed by atoms with Gasteiger partial charge in [0.15, 0.2) is 0 Å². The molecule has 3 rings (SSSR count). The third kappa shape index (κ3) is 2.58. The first kappa shape index (κ1) is 11.8. The number of rotatable bonds is 2. The lowest BCUT2D eigenvalue weighted by molar-refractivity contribution is 0.575. The summed E-state index contributed by atoms with van der Waals surface area (Å²) in [6.45, 7) is 6.71. The number of anilines is 2. The Morgan fingerprint density at radius 2 is 1.44 bits per heavy atom. The molecule has 1 N–H and O–H groups in total. The maximum atomic E-state index is 4.43. The van der Waals surface area contributed by atoms with Crippen molar-refractivity contribution < 1.29 is 0 Å².